The molecule has 8 heteroatoms. The van der Waals surface area contributed by atoms with Gasteiger partial charge in [-0.3, -0.25) is 4.79 Å². The highest BCUT2D eigenvalue weighted by molar-refractivity contribution is 7.90. The van der Waals surface area contributed by atoms with Gasteiger partial charge in [0.05, 0.1) is 17.6 Å². The van der Waals surface area contributed by atoms with Crippen LogP contribution in [0.5, 0.6) is 5.75 Å². The summed E-state index contributed by atoms with van der Waals surface area (Å²) < 4.78 is 28.3. The van der Waals surface area contributed by atoms with Crippen LogP contribution in [-0.4, -0.2) is 44.8 Å². The van der Waals surface area contributed by atoms with Crippen molar-refractivity contribution >= 4 is 21.7 Å². The summed E-state index contributed by atoms with van der Waals surface area (Å²) in [5.41, 5.74) is -0.0156. The fraction of sp³-hybridized carbons (Fsp3) is 0.467. The zero-order valence-electron chi connectivity index (χ0n) is 13.3. The first-order valence-corrected chi connectivity index (χ1v) is 9.01. The maximum absolute atomic E-state index is 12.3. The minimum absolute atomic E-state index is 0.0156. The zero-order valence-corrected chi connectivity index (χ0v) is 14.1. The summed E-state index contributed by atoms with van der Waals surface area (Å²) in [6.07, 6.45) is 2.77. The molecule has 0 aromatic heterocycles. The molecule has 23 heavy (non-hydrogen) atoms. The van der Waals surface area contributed by atoms with Crippen LogP contribution in [0.25, 0.3) is 0 Å². The van der Waals surface area contributed by atoms with Crippen LogP contribution >= 0.6 is 0 Å². The lowest BCUT2D eigenvalue weighted by Crippen LogP contribution is -2.40. The average molecular weight is 343 g/mol. The second-order valence-electron chi connectivity index (χ2n) is 5.14. The highest BCUT2D eigenvalue weighted by Gasteiger charge is 2.23. The first-order valence-electron chi connectivity index (χ1n) is 7.12. The first-order chi connectivity index (χ1) is 10.7. The van der Waals surface area contributed by atoms with Gasteiger partial charge in [-0.1, -0.05) is 19.8 Å². The van der Waals surface area contributed by atoms with E-state index < -0.39 is 27.8 Å². The fourth-order valence-corrected chi connectivity index (χ4v) is 2.64. The molecule has 1 atom stereocenters. The molecule has 0 aliphatic heterocycles. The van der Waals surface area contributed by atoms with E-state index in [1.54, 1.807) is 0 Å². The Hall–Kier alpha value is -2.09. The van der Waals surface area contributed by atoms with E-state index in [1.165, 1.54) is 25.3 Å². The molecular formula is C15H21NO6S. The Bertz CT molecular complexity index is 683. The van der Waals surface area contributed by atoms with Gasteiger partial charge < -0.3 is 15.2 Å². The molecule has 1 aromatic carbocycles. The van der Waals surface area contributed by atoms with E-state index in [-0.39, 0.29) is 16.2 Å². The van der Waals surface area contributed by atoms with Crippen LogP contribution in [0, 0.1) is 0 Å². The molecule has 0 heterocycles. The number of carboxylic acids is 1. The lowest BCUT2D eigenvalue weighted by atomic mass is 10.1. The molecule has 0 radical (unpaired) electrons. The van der Waals surface area contributed by atoms with Crippen LogP contribution < -0.4 is 10.1 Å². The number of methoxy groups -OCH3 is 1. The average Bonchev–Trinajstić information content (AvgIpc) is 2.49. The van der Waals surface area contributed by atoms with Crippen LogP contribution in [0.3, 0.4) is 0 Å². The number of amides is 1. The summed E-state index contributed by atoms with van der Waals surface area (Å²) >= 11 is 0. The summed E-state index contributed by atoms with van der Waals surface area (Å²) in [5, 5.41) is 11.6. The normalized spacial score (nSPS) is 12.5. The second-order valence-corrected chi connectivity index (χ2v) is 7.16. The third kappa shape index (κ3) is 5.24. The van der Waals surface area contributed by atoms with E-state index in [0.717, 1.165) is 12.7 Å². The van der Waals surface area contributed by atoms with E-state index in [9.17, 15) is 18.0 Å². The summed E-state index contributed by atoms with van der Waals surface area (Å²) in [5.74, 6) is -1.64. The highest BCUT2D eigenvalue weighted by Crippen LogP contribution is 2.22. The Balaban J connectivity index is 3.12. The van der Waals surface area contributed by atoms with Gasteiger partial charge in [-0.2, -0.15) is 0 Å². The number of nitrogens with one attached hydrogen (secondary N) is 1. The van der Waals surface area contributed by atoms with Gasteiger partial charge in [-0.25, -0.2) is 13.2 Å². The summed E-state index contributed by atoms with van der Waals surface area (Å²) in [4.78, 5) is 23.5. The lowest BCUT2D eigenvalue weighted by Gasteiger charge is -2.16. The van der Waals surface area contributed by atoms with Crippen molar-refractivity contribution in [3.05, 3.63) is 23.8 Å². The molecule has 0 aliphatic carbocycles. The van der Waals surface area contributed by atoms with E-state index in [1.807, 2.05) is 6.92 Å². The van der Waals surface area contributed by atoms with Gasteiger partial charge in [0.2, 0.25) is 0 Å². The molecule has 128 valence electrons. The van der Waals surface area contributed by atoms with Crippen LogP contribution in [0.1, 0.15) is 36.5 Å². The Kier molecular flexibility index (Phi) is 6.56. The third-order valence-corrected chi connectivity index (χ3v) is 4.40. The summed E-state index contributed by atoms with van der Waals surface area (Å²) in [6, 6.07) is 2.85. The van der Waals surface area contributed by atoms with Crippen molar-refractivity contribution in [2.45, 2.75) is 37.1 Å². The van der Waals surface area contributed by atoms with E-state index >= 15 is 0 Å². The topological polar surface area (TPSA) is 110 Å². The molecule has 0 saturated carbocycles. The zero-order chi connectivity index (χ0) is 17.6. The number of carbonyl (C=O) groups excluding carboxylic acids is 1. The number of hydrogen-bond acceptors (Lipinski definition) is 5. The molecule has 2 N–H and O–H groups in total. The van der Waals surface area contributed by atoms with Gasteiger partial charge in [0, 0.05) is 6.26 Å². The number of sulfone groups is 1. The second kappa shape index (κ2) is 7.96. The monoisotopic (exact) mass is 343 g/mol. The largest absolute Gasteiger partial charge is 0.496 e. The smallest absolute Gasteiger partial charge is 0.326 e. The maximum atomic E-state index is 12.3. The SMILES string of the molecule is CCCC[C@H](NC(=O)c1cc(S(C)(=O)=O)ccc1OC)C(=O)O. The summed E-state index contributed by atoms with van der Waals surface area (Å²) in [7, 11) is -2.15. The number of unbranched alkanes of at least 4 members (excludes halogenated alkanes) is 1. The van der Waals surface area contributed by atoms with Gasteiger partial charge in [-0.05, 0) is 24.6 Å². The molecule has 0 fully saturated rings. The molecule has 1 rings (SSSR count). The molecular weight excluding hydrogens is 322 g/mol. The molecule has 0 aliphatic rings. The van der Waals surface area contributed by atoms with Crippen molar-refractivity contribution in [2.24, 2.45) is 0 Å². The number of carboxylic acid groups (broad SMARTS) is 1. The van der Waals surface area contributed by atoms with Crippen molar-refractivity contribution in [2.75, 3.05) is 13.4 Å². The highest BCUT2D eigenvalue weighted by atomic mass is 32.2. The lowest BCUT2D eigenvalue weighted by molar-refractivity contribution is -0.139. The Morgan fingerprint density at radius 2 is 2.00 bits per heavy atom. The van der Waals surface area contributed by atoms with Crippen molar-refractivity contribution in [3.63, 3.8) is 0 Å². The van der Waals surface area contributed by atoms with Crippen molar-refractivity contribution in [3.8, 4) is 5.75 Å². The van der Waals surface area contributed by atoms with E-state index in [2.05, 4.69) is 5.32 Å². The molecule has 0 unspecified atom stereocenters. The van der Waals surface area contributed by atoms with E-state index in [0.29, 0.717) is 12.8 Å². The van der Waals surface area contributed by atoms with Gasteiger partial charge in [0.15, 0.2) is 9.84 Å². The molecule has 0 saturated heterocycles. The number of rotatable bonds is 8. The number of benzene rings is 1. The quantitative estimate of drug-likeness (QED) is 0.740. The Morgan fingerprint density at radius 3 is 2.48 bits per heavy atom. The maximum Gasteiger partial charge on any atom is 0.326 e. The minimum Gasteiger partial charge on any atom is -0.496 e. The first kappa shape index (κ1) is 19.0. The van der Waals surface area contributed by atoms with Crippen LogP contribution in [0.4, 0.5) is 0 Å². The van der Waals surface area contributed by atoms with Crippen molar-refractivity contribution in [1.82, 2.24) is 5.32 Å². The van der Waals surface area contributed by atoms with Crippen molar-refractivity contribution in [1.29, 1.82) is 0 Å². The standard InChI is InChI=1S/C15H21NO6S/c1-4-5-6-12(15(18)19)16-14(17)11-9-10(23(3,20)21)7-8-13(11)22-2/h7-9,12H,4-6H2,1-3H3,(H,16,17)(H,18,19)/t12-/m0/s1. The predicted octanol–water partition coefficient (Wildman–Crippen LogP) is 1.47. The number of ether oxygens (including phenoxy) is 1. The molecule has 0 bridgehead atoms. The number of carbonyl (C=O) groups is 2. The Morgan fingerprint density at radius 1 is 1.35 bits per heavy atom. The van der Waals surface area contributed by atoms with Gasteiger partial charge >= 0.3 is 5.97 Å². The summed E-state index contributed by atoms with van der Waals surface area (Å²) in [6.45, 7) is 1.92. The molecule has 7 nitrogen and oxygen atoms in total. The Labute approximate surface area is 135 Å². The van der Waals surface area contributed by atoms with Crippen LogP contribution in [0.2, 0.25) is 0 Å². The number of aliphatic carboxylic acids is 1. The third-order valence-electron chi connectivity index (χ3n) is 3.29. The van der Waals surface area contributed by atoms with E-state index in [4.69, 9.17) is 9.84 Å². The molecule has 0 spiro atoms. The van der Waals surface area contributed by atoms with Gasteiger partial charge in [-0.15, -0.1) is 0 Å². The minimum atomic E-state index is -3.49. The molecule has 1 amide bonds. The number of hydrogen-bond donors (Lipinski definition) is 2. The predicted molar refractivity (Wildman–Crippen MR) is 84.5 cm³/mol. The molecule has 1 aromatic rings. The van der Waals surface area contributed by atoms with Gasteiger partial charge in [0.25, 0.3) is 5.91 Å². The van der Waals surface area contributed by atoms with Crippen LogP contribution in [0.15, 0.2) is 23.1 Å². The van der Waals surface area contributed by atoms with Gasteiger partial charge in [0.1, 0.15) is 11.8 Å². The fourth-order valence-electron chi connectivity index (χ4n) is 2.00. The van der Waals surface area contributed by atoms with Crippen LogP contribution in [-0.2, 0) is 14.6 Å². The van der Waals surface area contributed by atoms with Crippen molar-refractivity contribution < 1.29 is 27.9 Å².